The average Bonchev–Trinajstić information content (AvgIpc) is 2.73. The quantitative estimate of drug-likeness (QED) is 0.783. The van der Waals surface area contributed by atoms with Gasteiger partial charge in [-0.2, -0.15) is 4.98 Å². The molecule has 0 aliphatic carbocycles. The molecule has 0 amide bonds. The molecule has 0 atom stereocenters. The zero-order valence-corrected chi connectivity index (χ0v) is 11.2. The first-order valence-electron chi connectivity index (χ1n) is 6.14. The molecule has 0 aliphatic heterocycles. The molecular formula is C12H17N5O2. The number of rotatable bonds is 4. The molecule has 0 spiro atoms. The van der Waals surface area contributed by atoms with Crippen molar-refractivity contribution < 1.29 is 0 Å². The average molecular weight is 263 g/mol. The lowest BCUT2D eigenvalue weighted by Crippen LogP contribution is -2.29. The number of aromatic nitrogens is 4. The Hall–Kier alpha value is -2.31. The molecule has 0 aliphatic rings. The second-order valence-corrected chi connectivity index (χ2v) is 4.14. The van der Waals surface area contributed by atoms with Crippen molar-refractivity contribution in [2.75, 3.05) is 11.9 Å². The van der Waals surface area contributed by atoms with Gasteiger partial charge in [0.2, 0.25) is 5.95 Å². The number of fused-ring (bicyclic) bond motifs is 1. The summed E-state index contributed by atoms with van der Waals surface area (Å²) in [5.41, 5.74) is -0.0964. The first-order valence-corrected chi connectivity index (χ1v) is 6.14. The van der Waals surface area contributed by atoms with E-state index in [4.69, 9.17) is 0 Å². The number of hydrogen-bond acceptors (Lipinski definition) is 4. The van der Waals surface area contributed by atoms with Gasteiger partial charge in [0.25, 0.3) is 5.56 Å². The van der Waals surface area contributed by atoms with Crippen LogP contribution in [0.5, 0.6) is 0 Å². The van der Waals surface area contributed by atoms with Crippen molar-refractivity contribution in [2.24, 2.45) is 7.05 Å². The number of nitrogens with one attached hydrogen (secondary N) is 2. The van der Waals surface area contributed by atoms with Crippen molar-refractivity contribution in [2.45, 2.75) is 20.4 Å². The second-order valence-electron chi connectivity index (χ2n) is 4.14. The highest BCUT2D eigenvalue weighted by molar-refractivity contribution is 5.74. The van der Waals surface area contributed by atoms with Gasteiger partial charge in [-0.1, -0.05) is 12.2 Å². The Morgan fingerprint density at radius 2 is 2.16 bits per heavy atom. The topological polar surface area (TPSA) is 84.7 Å². The summed E-state index contributed by atoms with van der Waals surface area (Å²) in [5, 5.41) is 3.10. The maximum atomic E-state index is 12.0. The lowest BCUT2D eigenvalue weighted by Gasteiger charge is -2.06. The molecule has 2 N–H and O–H groups in total. The number of anilines is 1. The molecule has 7 heteroatoms. The summed E-state index contributed by atoms with van der Waals surface area (Å²) in [7, 11) is 1.59. The van der Waals surface area contributed by atoms with E-state index in [2.05, 4.69) is 15.3 Å². The molecule has 19 heavy (non-hydrogen) atoms. The molecule has 0 fully saturated rings. The van der Waals surface area contributed by atoms with Crippen molar-refractivity contribution in [3.8, 4) is 0 Å². The largest absolute Gasteiger partial charge is 0.356 e. The predicted octanol–water partition coefficient (Wildman–Crippen LogP) is 0.431. The Morgan fingerprint density at radius 3 is 2.79 bits per heavy atom. The zero-order valence-electron chi connectivity index (χ0n) is 11.2. The summed E-state index contributed by atoms with van der Waals surface area (Å²) in [6, 6.07) is 0. The van der Waals surface area contributed by atoms with E-state index in [-0.39, 0.29) is 0 Å². The summed E-state index contributed by atoms with van der Waals surface area (Å²) in [5.74, 6) is 0.585. The van der Waals surface area contributed by atoms with Gasteiger partial charge in [0.05, 0.1) is 0 Å². The van der Waals surface area contributed by atoms with Crippen LogP contribution in [0.3, 0.4) is 0 Å². The minimum absolute atomic E-state index is 0.384. The lowest BCUT2D eigenvalue weighted by molar-refractivity contribution is 0.818. The number of H-pyrrole nitrogens is 1. The third-order valence-electron chi connectivity index (χ3n) is 2.87. The van der Waals surface area contributed by atoms with Crippen LogP contribution < -0.4 is 16.6 Å². The number of nitrogens with zero attached hydrogens (tertiary/aromatic N) is 3. The van der Waals surface area contributed by atoms with E-state index in [9.17, 15) is 9.59 Å². The summed E-state index contributed by atoms with van der Waals surface area (Å²) < 4.78 is 3.10. The molecule has 7 nitrogen and oxygen atoms in total. The fourth-order valence-electron chi connectivity index (χ4n) is 1.92. The first-order chi connectivity index (χ1) is 9.10. The minimum atomic E-state index is -0.462. The van der Waals surface area contributed by atoms with Crippen LogP contribution in [0.25, 0.3) is 11.2 Å². The van der Waals surface area contributed by atoms with E-state index in [0.29, 0.717) is 30.2 Å². The molecule has 2 rings (SSSR count). The molecule has 0 unspecified atom stereocenters. The lowest BCUT2D eigenvalue weighted by atomic mass is 10.4. The zero-order chi connectivity index (χ0) is 14.0. The monoisotopic (exact) mass is 263 g/mol. The van der Waals surface area contributed by atoms with Crippen LogP contribution in [-0.4, -0.2) is 25.6 Å². The molecule has 0 aromatic carbocycles. The Kier molecular flexibility index (Phi) is 3.55. The molecule has 2 heterocycles. The van der Waals surface area contributed by atoms with E-state index >= 15 is 0 Å². The Balaban J connectivity index is 2.81. The van der Waals surface area contributed by atoms with E-state index in [1.165, 1.54) is 4.57 Å². The highest BCUT2D eigenvalue weighted by Gasteiger charge is 2.15. The number of aryl methyl sites for hydroxylation is 1. The third kappa shape index (κ3) is 2.18. The predicted molar refractivity (Wildman–Crippen MR) is 74.6 cm³/mol. The smallest absolute Gasteiger partial charge is 0.329 e. The van der Waals surface area contributed by atoms with Crippen molar-refractivity contribution in [1.82, 2.24) is 19.1 Å². The van der Waals surface area contributed by atoms with Gasteiger partial charge < -0.3 is 9.88 Å². The molecule has 0 saturated carbocycles. The standard InChI is InChI=1S/C12H17N5O2/c1-4-6-7-17-8-9(14-11(17)13-5-2)16(3)12(19)15-10(8)18/h4,6H,5,7H2,1-3H3,(H,13,14)(H,15,18,19). The van der Waals surface area contributed by atoms with Crippen LogP contribution in [0.4, 0.5) is 5.95 Å². The van der Waals surface area contributed by atoms with Gasteiger partial charge in [0.15, 0.2) is 11.2 Å². The van der Waals surface area contributed by atoms with Gasteiger partial charge in [-0.15, -0.1) is 0 Å². The molecule has 0 radical (unpaired) electrons. The summed E-state index contributed by atoms with van der Waals surface area (Å²) >= 11 is 0. The third-order valence-corrected chi connectivity index (χ3v) is 2.87. The van der Waals surface area contributed by atoms with Crippen LogP contribution in [0.15, 0.2) is 21.7 Å². The van der Waals surface area contributed by atoms with Gasteiger partial charge in [0, 0.05) is 20.1 Å². The maximum absolute atomic E-state index is 12.0. The van der Waals surface area contributed by atoms with Crippen molar-refractivity contribution >= 4 is 17.1 Å². The fraction of sp³-hybridized carbons (Fsp3) is 0.417. The maximum Gasteiger partial charge on any atom is 0.329 e. The SMILES string of the molecule is CC=CCn1c(NCC)nc2c1c(=O)[nH]c(=O)n2C. The first kappa shape index (κ1) is 13.1. The van der Waals surface area contributed by atoms with Gasteiger partial charge in [-0.05, 0) is 13.8 Å². The summed E-state index contributed by atoms with van der Waals surface area (Å²) in [4.78, 5) is 30.2. The minimum Gasteiger partial charge on any atom is -0.356 e. The van der Waals surface area contributed by atoms with Crippen LogP contribution in [-0.2, 0) is 13.6 Å². The Morgan fingerprint density at radius 1 is 1.42 bits per heavy atom. The van der Waals surface area contributed by atoms with Crippen LogP contribution in [0.1, 0.15) is 13.8 Å². The molecule has 0 bridgehead atoms. The van der Waals surface area contributed by atoms with Crippen LogP contribution >= 0.6 is 0 Å². The fourth-order valence-corrected chi connectivity index (χ4v) is 1.92. The number of aromatic amines is 1. The molecule has 2 aromatic heterocycles. The summed E-state index contributed by atoms with van der Waals surface area (Å²) in [6.07, 6.45) is 3.82. The van der Waals surface area contributed by atoms with Crippen molar-refractivity contribution in [1.29, 1.82) is 0 Å². The second kappa shape index (κ2) is 5.13. The molecule has 0 saturated heterocycles. The van der Waals surface area contributed by atoms with E-state index in [1.54, 1.807) is 11.6 Å². The van der Waals surface area contributed by atoms with Gasteiger partial charge >= 0.3 is 5.69 Å². The number of hydrogen-bond donors (Lipinski definition) is 2. The van der Waals surface area contributed by atoms with Gasteiger partial charge in [-0.3, -0.25) is 14.3 Å². The van der Waals surface area contributed by atoms with Crippen LogP contribution in [0.2, 0.25) is 0 Å². The Labute approximate surface area is 109 Å². The molecular weight excluding hydrogens is 246 g/mol. The number of imidazole rings is 1. The highest BCUT2D eigenvalue weighted by Crippen LogP contribution is 2.14. The van der Waals surface area contributed by atoms with E-state index in [1.807, 2.05) is 26.0 Å². The molecule has 102 valence electrons. The van der Waals surface area contributed by atoms with Crippen molar-refractivity contribution in [3.05, 3.63) is 33.0 Å². The van der Waals surface area contributed by atoms with Gasteiger partial charge in [-0.25, -0.2) is 4.79 Å². The Bertz CT molecular complexity index is 735. The molecule has 2 aromatic rings. The normalized spacial score (nSPS) is 11.5. The number of allylic oxidation sites excluding steroid dienone is 2. The highest BCUT2D eigenvalue weighted by atomic mass is 16.2. The van der Waals surface area contributed by atoms with Crippen molar-refractivity contribution in [3.63, 3.8) is 0 Å². The van der Waals surface area contributed by atoms with Crippen LogP contribution in [0, 0.1) is 0 Å². The van der Waals surface area contributed by atoms with Gasteiger partial charge in [0.1, 0.15) is 0 Å². The summed E-state index contributed by atoms with van der Waals surface area (Å²) in [6.45, 7) is 5.07. The van der Waals surface area contributed by atoms with E-state index < -0.39 is 11.2 Å². The van der Waals surface area contributed by atoms with E-state index in [0.717, 1.165) is 0 Å².